The number of amides is 1. The number of carbonyl (C=O) groups excluding carboxylic acids is 1. The van der Waals surface area contributed by atoms with E-state index in [0.29, 0.717) is 13.1 Å². The molecule has 5 nitrogen and oxygen atoms in total. The normalized spacial score (nSPS) is 14.4. The average Bonchev–Trinajstić information content (AvgIpc) is 2.74. The van der Waals surface area contributed by atoms with Crippen LogP contribution in [0, 0.1) is 25.2 Å². The van der Waals surface area contributed by atoms with Gasteiger partial charge >= 0.3 is 6.18 Å². The van der Waals surface area contributed by atoms with Gasteiger partial charge in [-0.05, 0) is 49.2 Å². The molecule has 0 unspecified atom stereocenters. The molecule has 9 heteroatoms. The van der Waals surface area contributed by atoms with Gasteiger partial charge in [-0.25, -0.2) is 0 Å². The number of hydrogen-bond donors (Lipinski definition) is 1. The molecule has 1 aliphatic rings. The number of alkyl halides is 3. The van der Waals surface area contributed by atoms with Gasteiger partial charge in [0.2, 0.25) is 0 Å². The Labute approximate surface area is 191 Å². The van der Waals surface area contributed by atoms with Gasteiger partial charge in [-0.1, -0.05) is 18.2 Å². The van der Waals surface area contributed by atoms with Gasteiger partial charge in [-0.15, -0.1) is 12.4 Å². The highest BCUT2D eigenvalue weighted by molar-refractivity contribution is 6.06. The van der Waals surface area contributed by atoms with Crippen molar-refractivity contribution in [3.05, 3.63) is 70.9 Å². The SMILES string of the molecule is Cc1cccc(N2CCN(/C=C(/C#N)C(=O)Nc3cccc(C(F)(F)F)c3)CC2)c1C.Cl. The minimum Gasteiger partial charge on any atom is -0.373 e. The quantitative estimate of drug-likeness (QED) is 0.516. The van der Waals surface area contributed by atoms with Crippen LogP contribution in [0.15, 0.2) is 54.2 Å². The maximum atomic E-state index is 12.9. The standard InChI is InChI=1S/C23H23F3N4O.ClH/c1-16-5-3-8-21(17(16)2)30-11-9-29(10-12-30)15-18(14-27)22(31)28-20-7-4-6-19(13-20)23(24,25)26;/h3-8,13,15H,9-12H2,1-2H3,(H,28,31);1H/b18-15-;. The molecule has 0 atom stereocenters. The summed E-state index contributed by atoms with van der Waals surface area (Å²) in [6.07, 6.45) is -3.03. The van der Waals surface area contributed by atoms with Gasteiger partial charge in [0.05, 0.1) is 5.56 Å². The van der Waals surface area contributed by atoms with E-state index < -0.39 is 17.6 Å². The number of nitrogens with one attached hydrogen (secondary N) is 1. The lowest BCUT2D eigenvalue weighted by Gasteiger charge is -2.36. The Balaban J connectivity index is 0.00000363. The fourth-order valence-corrected chi connectivity index (χ4v) is 3.46. The molecule has 1 aliphatic heterocycles. The smallest absolute Gasteiger partial charge is 0.373 e. The van der Waals surface area contributed by atoms with Crippen LogP contribution in [-0.2, 0) is 11.0 Å². The number of carbonyl (C=O) groups is 1. The Bertz CT molecular complexity index is 1040. The Morgan fingerprint density at radius 3 is 2.38 bits per heavy atom. The maximum absolute atomic E-state index is 12.9. The molecule has 0 saturated carbocycles. The number of nitriles is 1. The highest BCUT2D eigenvalue weighted by atomic mass is 35.5. The van der Waals surface area contributed by atoms with Crippen molar-refractivity contribution < 1.29 is 18.0 Å². The van der Waals surface area contributed by atoms with Crippen LogP contribution in [0.1, 0.15) is 16.7 Å². The first kappa shape index (κ1) is 25.1. The lowest BCUT2D eigenvalue weighted by Crippen LogP contribution is -2.44. The van der Waals surface area contributed by atoms with Crippen LogP contribution in [0.25, 0.3) is 0 Å². The molecule has 1 fully saturated rings. The minimum atomic E-state index is -4.51. The molecular formula is C23H24ClF3N4O. The van der Waals surface area contributed by atoms with Crippen molar-refractivity contribution in [3.63, 3.8) is 0 Å². The number of nitrogens with zero attached hydrogens (tertiary/aromatic N) is 3. The first-order valence-corrected chi connectivity index (χ1v) is 9.85. The molecule has 0 aromatic heterocycles. The number of aryl methyl sites for hydroxylation is 1. The van der Waals surface area contributed by atoms with Crippen LogP contribution in [0.3, 0.4) is 0 Å². The molecule has 1 saturated heterocycles. The lowest BCUT2D eigenvalue weighted by atomic mass is 10.1. The fourth-order valence-electron chi connectivity index (χ4n) is 3.46. The third-order valence-corrected chi connectivity index (χ3v) is 5.36. The summed E-state index contributed by atoms with van der Waals surface area (Å²) in [5.41, 5.74) is 2.59. The number of halogens is 4. The molecule has 1 heterocycles. The number of rotatable bonds is 4. The van der Waals surface area contributed by atoms with Crippen molar-refractivity contribution in [1.82, 2.24) is 4.90 Å². The molecule has 0 spiro atoms. The van der Waals surface area contributed by atoms with E-state index >= 15 is 0 Å². The first-order chi connectivity index (χ1) is 14.7. The largest absolute Gasteiger partial charge is 0.416 e. The number of anilines is 2. The van der Waals surface area contributed by atoms with E-state index in [2.05, 4.69) is 36.2 Å². The zero-order valence-electron chi connectivity index (χ0n) is 17.7. The molecule has 0 aliphatic carbocycles. The zero-order valence-corrected chi connectivity index (χ0v) is 18.6. The van der Waals surface area contributed by atoms with Crippen molar-refractivity contribution >= 4 is 29.7 Å². The van der Waals surface area contributed by atoms with E-state index in [9.17, 15) is 23.2 Å². The van der Waals surface area contributed by atoms with Gasteiger partial charge in [-0.3, -0.25) is 4.79 Å². The summed E-state index contributed by atoms with van der Waals surface area (Å²) in [6, 6.07) is 12.3. The van der Waals surface area contributed by atoms with E-state index in [1.54, 1.807) is 0 Å². The summed E-state index contributed by atoms with van der Waals surface area (Å²) in [5, 5.41) is 11.8. The van der Waals surface area contributed by atoms with Gasteiger partial charge in [0, 0.05) is 43.8 Å². The van der Waals surface area contributed by atoms with E-state index in [1.807, 2.05) is 17.0 Å². The Morgan fingerprint density at radius 2 is 1.75 bits per heavy atom. The second-order valence-corrected chi connectivity index (χ2v) is 7.43. The molecule has 170 valence electrons. The van der Waals surface area contributed by atoms with E-state index in [4.69, 9.17) is 0 Å². The predicted molar refractivity (Wildman–Crippen MR) is 121 cm³/mol. The molecule has 3 rings (SSSR count). The third-order valence-electron chi connectivity index (χ3n) is 5.36. The van der Waals surface area contributed by atoms with Crippen LogP contribution in [0.4, 0.5) is 24.5 Å². The lowest BCUT2D eigenvalue weighted by molar-refractivity contribution is -0.137. The highest BCUT2D eigenvalue weighted by Crippen LogP contribution is 2.30. The maximum Gasteiger partial charge on any atom is 0.416 e. The second-order valence-electron chi connectivity index (χ2n) is 7.43. The van der Waals surface area contributed by atoms with Gasteiger partial charge in [0.1, 0.15) is 11.6 Å². The summed E-state index contributed by atoms with van der Waals surface area (Å²) >= 11 is 0. The van der Waals surface area contributed by atoms with Gasteiger partial charge in [0.25, 0.3) is 5.91 Å². The van der Waals surface area contributed by atoms with Gasteiger partial charge < -0.3 is 15.1 Å². The number of benzene rings is 2. The topological polar surface area (TPSA) is 59.4 Å². The van der Waals surface area contributed by atoms with Crippen molar-refractivity contribution in [2.75, 3.05) is 36.4 Å². The molecular weight excluding hydrogens is 441 g/mol. The summed E-state index contributed by atoms with van der Waals surface area (Å²) in [7, 11) is 0. The molecule has 2 aromatic rings. The van der Waals surface area contributed by atoms with Crippen molar-refractivity contribution in [1.29, 1.82) is 5.26 Å². The van der Waals surface area contributed by atoms with Crippen LogP contribution >= 0.6 is 12.4 Å². The van der Waals surface area contributed by atoms with E-state index in [-0.39, 0.29) is 23.7 Å². The van der Waals surface area contributed by atoms with Gasteiger partial charge in [-0.2, -0.15) is 18.4 Å². The summed E-state index contributed by atoms with van der Waals surface area (Å²) in [6.45, 7) is 6.86. The van der Waals surface area contributed by atoms with Crippen LogP contribution < -0.4 is 10.2 Å². The van der Waals surface area contributed by atoms with Crippen molar-refractivity contribution in [2.24, 2.45) is 0 Å². The first-order valence-electron chi connectivity index (χ1n) is 9.85. The van der Waals surface area contributed by atoms with Crippen molar-refractivity contribution in [3.8, 4) is 6.07 Å². The molecule has 0 bridgehead atoms. The van der Waals surface area contributed by atoms with Crippen LogP contribution in [-0.4, -0.2) is 37.0 Å². The van der Waals surface area contributed by atoms with E-state index in [0.717, 1.165) is 25.2 Å². The van der Waals surface area contributed by atoms with Crippen LogP contribution in [0.2, 0.25) is 0 Å². The highest BCUT2D eigenvalue weighted by Gasteiger charge is 2.30. The zero-order chi connectivity index (χ0) is 22.6. The average molecular weight is 465 g/mol. The van der Waals surface area contributed by atoms with Gasteiger partial charge in [0.15, 0.2) is 0 Å². The molecule has 2 aromatic carbocycles. The molecule has 32 heavy (non-hydrogen) atoms. The summed E-state index contributed by atoms with van der Waals surface area (Å²) in [5.74, 6) is -0.737. The van der Waals surface area contributed by atoms with E-state index in [1.165, 1.54) is 35.1 Å². The summed E-state index contributed by atoms with van der Waals surface area (Å²) < 4.78 is 38.6. The minimum absolute atomic E-state index is 0. The molecule has 0 radical (unpaired) electrons. The Kier molecular flexibility index (Phi) is 8.17. The van der Waals surface area contributed by atoms with Crippen LogP contribution in [0.5, 0.6) is 0 Å². The molecule has 1 amide bonds. The fraction of sp³-hybridized carbons (Fsp3) is 0.304. The molecule has 1 N–H and O–H groups in total. The monoisotopic (exact) mass is 464 g/mol. The Morgan fingerprint density at radius 1 is 1.09 bits per heavy atom. The second kappa shape index (κ2) is 10.4. The number of hydrogen-bond acceptors (Lipinski definition) is 4. The third kappa shape index (κ3) is 5.95. The summed E-state index contributed by atoms with van der Waals surface area (Å²) in [4.78, 5) is 16.6. The Hall–Kier alpha value is -3.18. The van der Waals surface area contributed by atoms with Crippen molar-refractivity contribution in [2.45, 2.75) is 20.0 Å². The number of piperazine rings is 1. The predicted octanol–water partition coefficient (Wildman–Crippen LogP) is 4.91.